The molecule has 0 aliphatic heterocycles. The van der Waals surface area contributed by atoms with Gasteiger partial charge in [-0.3, -0.25) is 14.9 Å². The molecule has 134 valence electrons. The average Bonchev–Trinajstić information content (AvgIpc) is 2.44. The van der Waals surface area contributed by atoms with Crippen LogP contribution in [0.15, 0.2) is 23.1 Å². The van der Waals surface area contributed by atoms with Gasteiger partial charge in [0.2, 0.25) is 9.84 Å². The number of carboxylic acid groups (broad SMARTS) is 1. The first kappa shape index (κ1) is 19.7. The molecule has 8 nitrogen and oxygen atoms in total. The van der Waals surface area contributed by atoms with E-state index in [0.29, 0.717) is 6.07 Å². The van der Waals surface area contributed by atoms with Crippen molar-refractivity contribution in [3.8, 4) is 0 Å². The number of benzene rings is 1. The number of hydrogen-bond donors (Lipinski definition) is 2. The summed E-state index contributed by atoms with van der Waals surface area (Å²) in [7, 11) is -4.96. The highest BCUT2D eigenvalue weighted by atomic mass is 32.2. The number of nitrogens with one attached hydrogen (secondary N) is 1. The summed E-state index contributed by atoms with van der Waals surface area (Å²) in [4.78, 5) is 20.0. The van der Waals surface area contributed by atoms with Gasteiger partial charge < -0.3 is 10.4 Å². The fourth-order valence-corrected chi connectivity index (χ4v) is 2.63. The van der Waals surface area contributed by atoms with Crippen LogP contribution in [0.25, 0.3) is 0 Å². The van der Waals surface area contributed by atoms with E-state index in [0.717, 1.165) is 12.1 Å². The molecule has 0 aliphatic rings. The molecule has 0 saturated carbocycles. The minimum Gasteiger partial charge on any atom is -0.481 e. The van der Waals surface area contributed by atoms with E-state index in [1.807, 2.05) is 0 Å². The third kappa shape index (κ3) is 4.85. The van der Waals surface area contributed by atoms with Crippen molar-refractivity contribution >= 4 is 27.2 Å². The molecular formula is C13H16F2N2O6S. The summed E-state index contributed by atoms with van der Waals surface area (Å²) in [5.74, 6) is -4.74. The molecule has 1 aromatic carbocycles. The number of rotatable bonds is 8. The fraction of sp³-hybridized carbons (Fsp3) is 0.462. The van der Waals surface area contributed by atoms with Gasteiger partial charge >= 0.3 is 11.7 Å². The molecule has 11 heteroatoms. The number of anilines is 1. The Morgan fingerprint density at radius 3 is 2.46 bits per heavy atom. The van der Waals surface area contributed by atoms with Gasteiger partial charge in [0.25, 0.3) is 5.69 Å². The summed E-state index contributed by atoms with van der Waals surface area (Å²) in [6.07, 6.45) is -0.0534. The first-order valence-corrected chi connectivity index (χ1v) is 8.22. The lowest BCUT2D eigenvalue weighted by atomic mass is 9.97. The van der Waals surface area contributed by atoms with Crippen molar-refractivity contribution in [2.45, 2.75) is 42.9 Å². The van der Waals surface area contributed by atoms with Crippen molar-refractivity contribution in [3.63, 3.8) is 0 Å². The van der Waals surface area contributed by atoms with Gasteiger partial charge in [-0.25, -0.2) is 8.42 Å². The maximum Gasteiger partial charge on any atom is 0.341 e. The fourth-order valence-electron chi connectivity index (χ4n) is 1.89. The van der Waals surface area contributed by atoms with Crippen LogP contribution >= 0.6 is 0 Å². The second kappa shape index (κ2) is 7.07. The maximum atomic E-state index is 12.5. The number of sulfone groups is 1. The zero-order valence-electron chi connectivity index (χ0n) is 12.8. The number of aliphatic carboxylic acids is 1. The second-order valence-electron chi connectivity index (χ2n) is 5.64. The number of halogens is 2. The van der Waals surface area contributed by atoms with Gasteiger partial charge in [0, 0.05) is 18.0 Å². The van der Waals surface area contributed by atoms with E-state index < -0.39 is 42.6 Å². The van der Waals surface area contributed by atoms with Crippen LogP contribution in [0.2, 0.25) is 0 Å². The van der Waals surface area contributed by atoms with Gasteiger partial charge in [-0.1, -0.05) is 0 Å². The van der Waals surface area contributed by atoms with Crippen LogP contribution in [0.4, 0.5) is 20.2 Å². The molecule has 1 aromatic rings. The van der Waals surface area contributed by atoms with E-state index in [9.17, 15) is 32.1 Å². The molecule has 0 bridgehead atoms. The summed E-state index contributed by atoms with van der Waals surface area (Å²) in [5.41, 5.74) is -1.64. The molecule has 2 N–H and O–H groups in total. The minimum atomic E-state index is -4.96. The molecular weight excluding hydrogens is 350 g/mol. The Bertz CT molecular complexity index is 749. The van der Waals surface area contributed by atoms with E-state index in [-0.39, 0.29) is 18.5 Å². The molecule has 0 spiro atoms. The molecule has 24 heavy (non-hydrogen) atoms. The largest absolute Gasteiger partial charge is 0.481 e. The molecule has 0 aromatic heterocycles. The van der Waals surface area contributed by atoms with Gasteiger partial charge in [-0.05, 0) is 32.4 Å². The lowest BCUT2D eigenvalue weighted by Crippen LogP contribution is -2.31. The normalized spacial score (nSPS) is 12.2. The van der Waals surface area contributed by atoms with Crippen LogP contribution in [-0.2, 0) is 14.6 Å². The molecule has 0 radical (unpaired) electrons. The number of hydrogen-bond acceptors (Lipinski definition) is 6. The van der Waals surface area contributed by atoms with Gasteiger partial charge in [0.1, 0.15) is 5.69 Å². The van der Waals surface area contributed by atoms with Gasteiger partial charge in [-0.2, -0.15) is 8.78 Å². The highest BCUT2D eigenvalue weighted by Crippen LogP contribution is 2.32. The minimum absolute atomic E-state index is 0.0939. The molecule has 0 saturated heterocycles. The van der Waals surface area contributed by atoms with Crippen LogP contribution < -0.4 is 5.32 Å². The average molecular weight is 366 g/mol. The SMILES string of the molecule is CC(C)(CCC(=O)O)Nc1ccc(S(=O)(=O)C(F)F)cc1[N+](=O)[O-]. The number of nitrogens with zero attached hydrogens (tertiary/aromatic N) is 1. The van der Waals surface area contributed by atoms with Crippen molar-refractivity contribution in [3.05, 3.63) is 28.3 Å². The Labute approximate surface area is 136 Å². The molecule has 0 heterocycles. The van der Waals surface area contributed by atoms with Gasteiger partial charge in [0.15, 0.2) is 0 Å². The first-order valence-electron chi connectivity index (χ1n) is 6.67. The number of nitro benzene ring substituents is 1. The molecule has 0 fully saturated rings. The maximum absolute atomic E-state index is 12.5. The van der Waals surface area contributed by atoms with E-state index in [2.05, 4.69) is 5.32 Å². The topological polar surface area (TPSA) is 127 Å². The van der Waals surface area contributed by atoms with Crippen LogP contribution in [0.5, 0.6) is 0 Å². The zero-order chi connectivity index (χ0) is 18.7. The molecule has 0 amide bonds. The predicted molar refractivity (Wildman–Crippen MR) is 80.9 cm³/mol. The third-order valence-electron chi connectivity index (χ3n) is 3.17. The third-order valence-corrected chi connectivity index (χ3v) is 4.55. The molecule has 0 unspecified atom stereocenters. The number of carbonyl (C=O) groups is 1. The Hall–Kier alpha value is -2.30. The lowest BCUT2D eigenvalue weighted by Gasteiger charge is -2.26. The zero-order valence-corrected chi connectivity index (χ0v) is 13.6. The Morgan fingerprint density at radius 2 is 2.00 bits per heavy atom. The summed E-state index contributed by atoms with van der Waals surface area (Å²) in [5, 5.41) is 22.5. The van der Waals surface area contributed by atoms with Crippen molar-refractivity contribution in [2.75, 3.05) is 5.32 Å². The van der Waals surface area contributed by atoms with Crippen LogP contribution in [-0.4, -0.2) is 35.7 Å². The number of nitro groups is 1. The second-order valence-corrected chi connectivity index (χ2v) is 7.56. The quantitative estimate of drug-likeness (QED) is 0.535. The first-order chi connectivity index (χ1) is 10.9. The van der Waals surface area contributed by atoms with E-state index >= 15 is 0 Å². The van der Waals surface area contributed by atoms with Crippen LogP contribution in [0.3, 0.4) is 0 Å². The van der Waals surface area contributed by atoms with Gasteiger partial charge in [0.05, 0.1) is 9.82 Å². The molecule has 0 aliphatic carbocycles. The standard InChI is InChI=1S/C13H16F2N2O6S/c1-13(2,6-5-11(18)19)16-9-4-3-8(7-10(9)17(20)21)24(22,23)12(14)15/h3-4,7,12,16H,5-6H2,1-2H3,(H,18,19). The summed E-state index contributed by atoms with van der Waals surface area (Å²) >= 11 is 0. The summed E-state index contributed by atoms with van der Waals surface area (Å²) in [6.45, 7) is 3.20. The van der Waals surface area contributed by atoms with E-state index in [1.165, 1.54) is 0 Å². The number of alkyl halides is 2. The van der Waals surface area contributed by atoms with Crippen molar-refractivity contribution in [1.82, 2.24) is 0 Å². The highest BCUT2D eigenvalue weighted by Gasteiger charge is 2.30. The summed E-state index contributed by atoms with van der Waals surface area (Å²) < 4.78 is 47.9. The Balaban J connectivity index is 3.22. The smallest absolute Gasteiger partial charge is 0.341 e. The van der Waals surface area contributed by atoms with Crippen molar-refractivity contribution in [2.24, 2.45) is 0 Å². The lowest BCUT2D eigenvalue weighted by molar-refractivity contribution is -0.384. The Kier molecular flexibility index (Phi) is 5.82. The number of carboxylic acids is 1. The molecule has 1 rings (SSSR count). The monoisotopic (exact) mass is 366 g/mol. The van der Waals surface area contributed by atoms with Crippen LogP contribution in [0.1, 0.15) is 26.7 Å². The van der Waals surface area contributed by atoms with Gasteiger partial charge in [-0.15, -0.1) is 0 Å². The van der Waals surface area contributed by atoms with E-state index in [1.54, 1.807) is 13.8 Å². The molecule has 0 atom stereocenters. The summed E-state index contributed by atoms with van der Waals surface area (Å²) in [6, 6.07) is 2.40. The van der Waals surface area contributed by atoms with Crippen molar-refractivity contribution < 1.29 is 32.0 Å². The highest BCUT2D eigenvalue weighted by molar-refractivity contribution is 7.91. The van der Waals surface area contributed by atoms with Crippen molar-refractivity contribution in [1.29, 1.82) is 0 Å². The predicted octanol–water partition coefficient (Wildman–Crippen LogP) is 2.65. The van der Waals surface area contributed by atoms with E-state index in [4.69, 9.17) is 5.11 Å². The Morgan fingerprint density at radius 1 is 1.42 bits per heavy atom. The van der Waals surface area contributed by atoms with Crippen LogP contribution in [0, 0.1) is 10.1 Å².